The van der Waals surface area contributed by atoms with Crippen LogP contribution in [0.5, 0.6) is 0 Å². The van der Waals surface area contributed by atoms with Gasteiger partial charge < -0.3 is 5.11 Å². The molecule has 0 aliphatic heterocycles. The van der Waals surface area contributed by atoms with Gasteiger partial charge in [-0.2, -0.15) is 0 Å². The molecule has 2 nitrogen and oxygen atoms in total. The number of unbranched alkanes of at least 4 members (excludes halogenated alkanes) is 1. The molecule has 0 bridgehead atoms. The molecule has 0 aromatic heterocycles. The summed E-state index contributed by atoms with van der Waals surface area (Å²) < 4.78 is 0. The molecule has 66 valence electrons. The predicted octanol–water partition coefficient (Wildman–Crippen LogP) is 1.66. The fourth-order valence-electron chi connectivity index (χ4n) is 0.863. The van der Waals surface area contributed by atoms with Crippen LogP contribution in [0.4, 0.5) is 0 Å². The van der Waals surface area contributed by atoms with Gasteiger partial charge in [0.1, 0.15) is 6.23 Å². The molecule has 11 heavy (non-hydrogen) atoms. The lowest BCUT2D eigenvalue weighted by Gasteiger charge is -2.06. The van der Waals surface area contributed by atoms with E-state index >= 15 is 0 Å². The van der Waals surface area contributed by atoms with E-state index in [1.165, 1.54) is 5.57 Å². The number of nitrogens with one attached hydrogen (secondary N) is 1. The Morgan fingerprint density at radius 1 is 1.55 bits per heavy atom. The molecule has 0 fully saturated rings. The van der Waals surface area contributed by atoms with Crippen molar-refractivity contribution in [1.29, 1.82) is 0 Å². The second kappa shape index (κ2) is 6.38. The fraction of sp³-hybridized carbons (Fsp3) is 0.778. The Balaban J connectivity index is 2.97. The normalized spacial score (nSPS) is 13.0. The van der Waals surface area contributed by atoms with Crippen LogP contribution < -0.4 is 5.32 Å². The van der Waals surface area contributed by atoms with E-state index in [-0.39, 0.29) is 6.23 Å². The standard InChI is InChI=1S/C9H19NO/c1-8(2)6-4-5-7-10-9(3)11/h9-11H,1,4-7H2,2-3H3. The van der Waals surface area contributed by atoms with Gasteiger partial charge in [0, 0.05) is 0 Å². The molecule has 0 aliphatic carbocycles. The Morgan fingerprint density at radius 3 is 2.64 bits per heavy atom. The Kier molecular flexibility index (Phi) is 6.18. The number of allylic oxidation sites excluding steroid dienone is 1. The van der Waals surface area contributed by atoms with Crippen molar-refractivity contribution in [3.63, 3.8) is 0 Å². The fourth-order valence-corrected chi connectivity index (χ4v) is 0.863. The number of aliphatic hydroxyl groups is 1. The van der Waals surface area contributed by atoms with Crippen LogP contribution in [0.15, 0.2) is 12.2 Å². The molecule has 0 rings (SSSR count). The molecule has 0 spiro atoms. The highest BCUT2D eigenvalue weighted by molar-refractivity contribution is 4.87. The minimum atomic E-state index is -0.375. The van der Waals surface area contributed by atoms with E-state index in [1.807, 2.05) is 6.92 Å². The third-order valence-corrected chi connectivity index (χ3v) is 1.47. The molecule has 0 radical (unpaired) electrons. The third-order valence-electron chi connectivity index (χ3n) is 1.47. The molecule has 1 unspecified atom stereocenters. The molecule has 0 saturated heterocycles. The van der Waals surface area contributed by atoms with Gasteiger partial charge in [0.2, 0.25) is 0 Å². The first-order valence-electron chi connectivity index (χ1n) is 4.18. The summed E-state index contributed by atoms with van der Waals surface area (Å²) >= 11 is 0. The maximum atomic E-state index is 8.83. The number of hydrogen-bond donors (Lipinski definition) is 2. The van der Waals surface area contributed by atoms with Gasteiger partial charge in [0.25, 0.3) is 0 Å². The van der Waals surface area contributed by atoms with E-state index in [4.69, 9.17) is 5.11 Å². The van der Waals surface area contributed by atoms with Crippen LogP contribution in [0, 0.1) is 0 Å². The SMILES string of the molecule is C=C(C)CCCCNC(C)O. The third kappa shape index (κ3) is 9.66. The molecule has 0 aliphatic rings. The predicted molar refractivity (Wildman–Crippen MR) is 48.3 cm³/mol. The summed E-state index contributed by atoms with van der Waals surface area (Å²) in [7, 11) is 0. The van der Waals surface area contributed by atoms with E-state index in [9.17, 15) is 0 Å². The molecule has 0 aromatic rings. The van der Waals surface area contributed by atoms with Gasteiger partial charge in [0.05, 0.1) is 0 Å². The Hall–Kier alpha value is -0.340. The molecule has 0 aromatic carbocycles. The van der Waals surface area contributed by atoms with Crippen LogP contribution in [0.1, 0.15) is 33.1 Å². The minimum Gasteiger partial charge on any atom is -0.379 e. The molecule has 2 N–H and O–H groups in total. The summed E-state index contributed by atoms with van der Waals surface area (Å²) in [4.78, 5) is 0. The lowest BCUT2D eigenvalue weighted by molar-refractivity contribution is 0.156. The summed E-state index contributed by atoms with van der Waals surface area (Å²) in [5.74, 6) is 0. The van der Waals surface area contributed by atoms with Crippen LogP contribution in [-0.2, 0) is 0 Å². The van der Waals surface area contributed by atoms with Crippen molar-refractivity contribution >= 4 is 0 Å². The zero-order chi connectivity index (χ0) is 8.69. The molecule has 0 heterocycles. The highest BCUT2D eigenvalue weighted by Gasteiger charge is 1.92. The lowest BCUT2D eigenvalue weighted by Crippen LogP contribution is -2.26. The number of hydrogen-bond acceptors (Lipinski definition) is 2. The van der Waals surface area contributed by atoms with Gasteiger partial charge in [-0.1, -0.05) is 5.57 Å². The summed E-state index contributed by atoms with van der Waals surface area (Å²) in [6.45, 7) is 8.49. The minimum absolute atomic E-state index is 0.375. The molecule has 0 amide bonds. The average Bonchev–Trinajstić information content (AvgIpc) is 1.85. The summed E-state index contributed by atoms with van der Waals surface area (Å²) in [5, 5.41) is 11.8. The van der Waals surface area contributed by atoms with Gasteiger partial charge in [-0.3, -0.25) is 5.32 Å². The van der Waals surface area contributed by atoms with Gasteiger partial charge in [-0.25, -0.2) is 0 Å². The number of rotatable bonds is 6. The van der Waals surface area contributed by atoms with Crippen molar-refractivity contribution in [2.24, 2.45) is 0 Å². The topological polar surface area (TPSA) is 32.3 Å². The highest BCUT2D eigenvalue weighted by Crippen LogP contribution is 2.02. The monoisotopic (exact) mass is 157 g/mol. The van der Waals surface area contributed by atoms with Crippen LogP contribution in [0.2, 0.25) is 0 Å². The van der Waals surface area contributed by atoms with Crippen molar-refractivity contribution in [1.82, 2.24) is 5.32 Å². The lowest BCUT2D eigenvalue weighted by atomic mass is 10.1. The van der Waals surface area contributed by atoms with Gasteiger partial charge in [-0.05, 0) is 39.7 Å². The zero-order valence-electron chi connectivity index (χ0n) is 7.56. The summed E-state index contributed by atoms with van der Waals surface area (Å²) in [5.41, 5.74) is 1.24. The van der Waals surface area contributed by atoms with Crippen LogP contribution in [0.3, 0.4) is 0 Å². The Morgan fingerprint density at radius 2 is 2.18 bits per heavy atom. The van der Waals surface area contributed by atoms with Crippen LogP contribution in [0.25, 0.3) is 0 Å². The maximum Gasteiger partial charge on any atom is 0.102 e. The van der Waals surface area contributed by atoms with Gasteiger partial charge in [-0.15, -0.1) is 6.58 Å². The maximum absolute atomic E-state index is 8.83. The van der Waals surface area contributed by atoms with Crippen LogP contribution >= 0.6 is 0 Å². The molecular weight excluding hydrogens is 138 g/mol. The molecule has 2 heteroatoms. The van der Waals surface area contributed by atoms with Crippen molar-refractivity contribution in [2.45, 2.75) is 39.3 Å². The molecule has 0 saturated carbocycles. The Labute approximate surface area is 69.3 Å². The first kappa shape index (κ1) is 10.7. The molecular formula is C9H19NO. The highest BCUT2D eigenvalue weighted by atomic mass is 16.3. The first-order valence-corrected chi connectivity index (χ1v) is 4.18. The van der Waals surface area contributed by atoms with E-state index in [0.717, 1.165) is 25.8 Å². The van der Waals surface area contributed by atoms with Crippen molar-refractivity contribution < 1.29 is 5.11 Å². The van der Waals surface area contributed by atoms with Crippen LogP contribution in [-0.4, -0.2) is 17.9 Å². The average molecular weight is 157 g/mol. The smallest absolute Gasteiger partial charge is 0.102 e. The van der Waals surface area contributed by atoms with Gasteiger partial charge in [0.15, 0.2) is 0 Å². The van der Waals surface area contributed by atoms with E-state index in [0.29, 0.717) is 0 Å². The Bertz CT molecular complexity index is 110. The summed E-state index contributed by atoms with van der Waals surface area (Å²) in [6.07, 6.45) is 2.99. The van der Waals surface area contributed by atoms with E-state index < -0.39 is 0 Å². The zero-order valence-corrected chi connectivity index (χ0v) is 7.56. The summed E-state index contributed by atoms with van der Waals surface area (Å²) in [6, 6.07) is 0. The first-order chi connectivity index (χ1) is 5.13. The van der Waals surface area contributed by atoms with E-state index in [2.05, 4.69) is 11.9 Å². The van der Waals surface area contributed by atoms with Crippen molar-refractivity contribution in [3.8, 4) is 0 Å². The second-order valence-electron chi connectivity index (χ2n) is 3.04. The van der Waals surface area contributed by atoms with Crippen molar-refractivity contribution in [3.05, 3.63) is 12.2 Å². The van der Waals surface area contributed by atoms with Gasteiger partial charge >= 0.3 is 0 Å². The number of aliphatic hydroxyl groups excluding tert-OH is 1. The quantitative estimate of drug-likeness (QED) is 0.349. The van der Waals surface area contributed by atoms with Crippen molar-refractivity contribution in [2.75, 3.05) is 6.54 Å². The molecule has 1 atom stereocenters. The second-order valence-corrected chi connectivity index (χ2v) is 3.04. The largest absolute Gasteiger partial charge is 0.379 e. The van der Waals surface area contributed by atoms with E-state index in [1.54, 1.807) is 6.92 Å².